The van der Waals surface area contributed by atoms with Gasteiger partial charge in [0.05, 0.1) is 23.4 Å². The van der Waals surface area contributed by atoms with Crippen LogP contribution in [0, 0.1) is 10.1 Å². The van der Waals surface area contributed by atoms with Crippen LogP contribution in [0.5, 0.6) is 0 Å². The third-order valence-corrected chi connectivity index (χ3v) is 2.37. The molecule has 82 valence electrons. The molecule has 0 aromatic carbocycles. The van der Waals surface area contributed by atoms with E-state index in [0.29, 0.717) is 0 Å². The van der Waals surface area contributed by atoms with Crippen LogP contribution < -0.4 is 0 Å². The Kier molecular flexibility index (Phi) is 2.63. The molecular weight excluding hydrogens is 208 g/mol. The van der Waals surface area contributed by atoms with Crippen molar-refractivity contribution in [3.63, 3.8) is 0 Å². The van der Waals surface area contributed by atoms with Crippen LogP contribution in [0.25, 0.3) is 0 Å². The van der Waals surface area contributed by atoms with Crippen molar-refractivity contribution in [1.82, 2.24) is 14.8 Å². The molecule has 2 aromatic rings. The summed E-state index contributed by atoms with van der Waals surface area (Å²) in [5.41, 5.74) is 1.01. The molecular formula is C10H10N4O2. The van der Waals surface area contributed by atoms with Crippen molar-refractivity contribution in [2.45, 2.75) is 13.0 Å². The van der Waals surface area contributed by atoms with Gasteiger partial charge in [-0.2, -0.15) is 4.68 Å². The SMILES string of the molecule is C[C@H](c1ccncc1)n1ccc([N+](=O)[O-])n1. The van der Waals surface area contributed by atoms with Crippen LogP contribution in [0.2, 0.25) is 0 Å². The Labute approximate surface area is 91.7 Å². The summed E-state index contributed by atoms with van der Waals surface area (Å²) in [7, 11) is 0. The normalized spacial score (nSPS) is 12.3. The number of nitrogens with zero attached hydrogens (tertiary/aromatic N) is 4. The number of nitro groups is 1. The first-order valence-corrected chi connectivity index (χ1v) is 4.78. The number of rotatable bonds is 3. The minimum atomic E-state index is -0.504. The maximum atomic E-state index is 10.5. The van der Waals surface area contributed by atoms with Crippen LogP contribution in [-0.4, -0.2) is 19.7 Å². The predicted molar refractivity (Wildman–Crippen MR) is 56.9 cm³/mol. The highest BCUT2D eigenvalue weighted by atomic mass is 16.6. The van der Waals surface area contributed by atoms with Gasteiger partial charge in [-0.25, -0.2) is 0 Å². The number of hydrogen-bond acceptors (Lipinski definition) is 4. The molecule has 0 saturated heterocycles. The second-order valence-corrected chi connectivity index (χ2v) is 3.37. The topological polar surface area (TPSA) is 73.8 Å². The first kappa shape index (κ1) is 10.3. The fraction of sp³-hybridized carbons (Fsp3) is 0.200. The summed E-state index contributed by atoms with van der Waals surface area (Å²) < 4.78 is 1.56. The van der Waals surface area contributed by atoms with Gasteiger partial charge in [0.25, 0.3) is 0 Å². The van der Waals surface area contributed by atoms with E-state index in [1.807, 2.05) is 19.1 Å². The summed E-state index contributed by atoms with van der Waals surface area (Å²) in [5.74, 6) is -0.138. The van der Waals surface area contributed by atoms with E-state index in [4.69, 9.17) is 0 Å². The van der Waals surface area contributed by atoms with Crippen LogP contribution in [0.15, 0.2) is 36.8 Å². The molecule has 0 aliphatic heterocycles. The molecule has 0 aliphatic rings. The largest absolute Gasteiger partial charge is 0.389 e. The third-order valence-electron chi connectivity index (χ3n) is 2.37. The fourth-order valence-electron chi connectivity index (χ4n) is 1.44. The number of aromatic nitrogens is 3. The van der Waals surface area contributed by atoms with Gasteiger partial charge in [-0.1, -0.05) is 0 Å². The zero-order valence-corrected chi connectivity index (χ0v) is 8.65. The molecule has 6 nitrogen and oxygen atoms in total. The van der Waals surface area contributed by atoms with Crippen molar-refractivity contribution in [3.05, 3.63) is 52.5 Å². The van der Waals surface area contributed by atoms with Gasteiger partial charge in [0.15, 0.2) is 0 Å². The smallest absolute Gasteiger partial charge is 0.358 e. The molecule has 0 fully saturated rings. The average molecular weight is 218 g/mol. The molecule has 2 heterocycles. The average Bonchev–Trinajstić information content (AvgIpc) is 2.78. The van der Waals surface area contributed by atoms with Gasteiger partial charge in [0.2, 0.25) is 0 Å². The Balaban J connectivity index is 2.27. The van der Waals surface area contributed by atoms with E-state index in [-0.39, 0.29) is 11.9 Å². The standard InChI is InChI=1S/C10H10N4O2/c1-8(9-2-5-11-6-3-9)13-7-4-10(12-13)14(15)16/h2-8H,1H3/t8-/m1/s1. The van der Waals surface area contributed by atoms with E-state index in [2.05, 4.69) is 10.1 Å². The van der Waals surface area contributed by atoms with Crippen LogP contribution in [0.1, 0.15) is 18.5 Å². The summed E-state index contributed by atoms with van der Waals surface area (Å²) in [6.45, 7) is 1.92. The lowest BCUT2D eigenvalue weighted by Gasteiger charge is -2.07. The lowest BCUT2D eigenvalue weighted by atomic mass is 10.1. The van der Waals surface area contributed by atoms with E-state index in [0.717, 1.165) is 5.56 Å². The maximum absolute atomic E-state index is 10.5. The number of hydrogen-bond donors (Lipinski definition) is 0. The quantitative estimate of drug-likeness (QED) is 0.581. The Morgan fingerprint density at radius 3 is 2.62 bits per heavy atom. The molecule has 0 N–H and O–H groups in total. The van der Waals surface area contributed by atoms with Crippen LogP contribution in [0.4, 0.5) is 5.82 Å². The van der Waals surface area contributed by atoms with Gasteiger partial charge in [-0.3, -0.25) is 4.98 Å². The minimum absolute atomic E-state index is 0.0447. The van der Waals surface area contributed by atoms with Gasteiger partial charge in [0.1, 0.15) is 0 Å². The lowest BCUT2D eigenvalue weighted by Crippen LogP contribution is -2.07. The molecule has 0 radical (unpaired) electrons. The van der Waals surface area contributed by atoms with Crippen molar-refractivity contribution < 1.29 is 4.92 Å². The summed E-state index contributed by atoms with van der Waals surface area (Å²) in [4.78, 5) is 13.9. The van der Waals surface area contributed by atoms with E-state index < -0.39 is 4.92 Å². The van der Waals surface area contributed by atoms with Crippen LogP contribution >= 0.6 is 0 Å². The zero-order chi connectivity index (χ0) is 11.5. The van der Waals surface area contributed by atoms with E-state index in [1.54, 1.807) is 23.3 Å². The monoisotopic (exact) mass is 218 g/mol. The van der Waals surface area contributed by atoms with Gasteiger partial charge >= 0.3 is 5.82 Å². The first-order valence-electron chi connectivity index (χ1n) is 4.78. The molecule has 0 spiro atoms. The van der Waals surface area contributed by atoms with Crippen molar-refractivity contribution in [2.24, 2.45) is 0 Å². The molecule has 1 atom stereocenters. The Bertz CT molecular complexity index is 495. The second-order valence-electron chi connectivity index (χ2n) is 3.37. The van der Waals surface area contributed by atoms with Gasteiger partial charge in [-0.05, 0) is 29.5 Å². The highest BCUT2D eigenvalue weighted by molar-refractivity contribution is 5.19. The minimum Gasteiger partial charge on any atom is -0.358 e. The molecule has 2 rings (SSSR count). The zero-order valence-electron chi connectivity index (χ0n) is 8.65. The Morgan fingerprint density at radius 1 is 1.38 bits per heavy atom. The van der Waals surface area contributed by atoms with Gasteiger partial charge in [0, 0.05) is 12.4 Å². The number of pyridine rings is 1. The lowest BCUT2D eigenvalue weighted by molar-refractivity contribution is -0.389. The van der Waals surface area contributed by atoms with Gasteiger partial charge < -0.3 is 10.1 Å². The molecule has 0 bridgehead atoms. The molecule has 16 heavy (non-hydrogen) atoms. The summed E-state index contributed by atoms with van der Waals surface area (Å²) in [6, 6.07) is 5.06. The molecule has 0 unspecified atom stereocenters. The molecule has 6 heteroatoms. The summed E-state index contributed by atoms with van der Waals surface area (Å²) in [5, 5.41) is 14.4. The second kappa shape index (κ2) is 4.09. The highest BCUT2D eigenvalue weighted by Gasteiger charge is 2.16. The van der Waals surface area contributed by atoms with Crippen molar-refractivity contribution >= 4 is 5.82 Å². The molecule has 0 aliphatic carbocycles. The van der Waals surface area contributed by atoms with Crippen molar-refractivity contribution in [2.75, 3.05) is 0 Å². The van der Waals surface area contributed by atoms with E-state index in [1.165, 1.54) is 6.07 Å². The molecule has 2 aromatic heterocycles. The van der Waals surface area contributed by atoms with Crippen LogP contribution in [-0.2, 0) is 0 Å². The van der Waals surface area contributed by atoms with E-state index >= 15 is 0 Å². The third kappa shape index (κ3) is 1.90. The summed E-state index contributed by atoms with van der Waals surface area (Å²) in [6.07, 6.45) is 4.97. The first-order chi connectivity index (χ1) is 7.68. The highest BCUT2D eigenvalue weighted by Crippen LogP contribution is 2.17. The summed E-state index contributed by atoms with van der Waals surface area (Å²) >= 11 is 0. The predicted octanol–water partition coefficient (Wildman–Crippen LogP) is 1.80. The fourth-order valence-corrected chi connectivity index (χ4v) is 1.44. The molecule has 0 amide bonds. The Hall–Kier alpha value is -2.24. The molecule has 0 saturated carbocycles. The van der Waals surface area contributed by atoms with E-state index in [9.17, 15) is 10.1 Å². The maximum Gasteiger partial charge on any atom is 0.389 e. The van der Waals surface area contributed by atoms with Gasteiger partial charge in [-0.15, -0.1) is 0 Å². The Morgan fingerprint density at radius 2 is 2.06 bits per heavy atom. The van der Waals surface area contributed by atoms with Crippen molar-refractivity contribution in [3.8, 4) is 0 Å². The van der Waals surface area contributed by atoms with Crippen LogP contribution in [0.3, 0.4) is 0 Å². The van der Waals surface area contributed by atoms with Crippen molar-refractivity contribution in [1.29, 1.82) is 0 Å².